The molecule has 0 bridgehead atoms. The predicted molar refractivity (Wildman–Crippen MR) is 77.2 cm³/mol. The molecule has 1 saturated heterocycles. The molecule has 106 valence electrons. The van der Waals surface area contributed by atoms with Crippen LogP contribution in [0.15, 0.2) is 24.3 Å². The Morgan fingerprint density at radius 1 is 1.32 bits per heavy atom. The molecule has 0 amide bonds. The fourth-order valence-corrected chi connectivity index (χ4v) is 2.85. The second-order valence-corrected chi connectivity index (χ2v) is 5.76. The topological polar surface area (TPSA) is 41.5 Å². The minimum atomic E-state index is -0.437. The molecule has 3 atom stereocenters. The highest BCUT2D eigenvalue weighted by Crippen LogP contribution is 2.20. The SMILES string of the molecule is Cc1cccc(C(O)CNC2CC(C)OC(C)C2)c1. The van der Waals surface area contributed by atoms with E-state index in [0.29, 0.717) is 24.8 Å². The highest BCUT2D eigenvalue weighted by molar-refractivity contribution is 5.24. The minimum Gasteiger partial charge on any atom is -0.387 e. The zero-order valence-corrected chi connectivity index (χ0v) is 12.1. The molecule has 1 aliphatic rings. The molecule has 1 heterocycles. The first-order valence-corrected chi connectivity index (χ1v) is 7.18. The maximum absolute atomic E-state index is 10.2. The van der Waals surface area contributed by atoms with E-state index in [9.17, 15) is 5.11 Å². The minimum absolute atomic E-state index is 0.303. The van der Waals surface area contributed by atoms with Crippen molar-refractivity contribution < 1.29 is 9.84 Å². The number of aliphatic hydroxyl groups excluding tert-OH is 1. The first kappa shape index (κ1) is 14.5. The maximum atomic E-state index is 10.2. The number of ether oxygens (including phenoxy) is 1. The van der Waals surface area contributed by atoms with Gasteiger partial charge in [-0.15, -0.1) is 0 Å². The first-order valence-electron chi connectivity index (χ1n) is 7.18. The molecule has 1 fully saturated rings. The third kappa shape index (κ3) is 4.30. The fraction of sp³-hybridized carbons (Fsp3) is 0.625. The van der Waals surface area contributed by atoms with Gasteiger partial charge >= 0.3 is 0 Å². The lowest BCUT2D eigenvalue weighted by Crippen LogP contribution is -2.42. The number of rotatable bonds is 4. The van der Waals surface area contributed by atoms with Crippen LogP contribution in [0.1, 0.15) is 43.9 Å². The van der Waals surface area contributed by atoms with Gasteiger partial charge in [-0.3, -0.25) is 0 Å². The van der Waals surface area contributed by atoms with E-state index in [1.54, 1.807) is 0 Å². The van der Waals surface area contributed by atoms with Crippen molar-refractivity contribution >= 4 is 0 Å². The van der Waals surface area contributed by atoms with E-state index in [0.717, 1.165) is 18.4 Å². The summed E-state index contributed by atoms with van der Waals surface area (Å²) in [5.74, 6) is 0. The predicted octanol–water partition coefficient (Wildman–Crippen LogP) is 2.57. The van der Waals surface area contributed by atoms with E-state index < -0.39 is 6.10 Å². The van der Waals surface area contributed by atoms with E-state index in [1.807, 2.05) is 31.2 Å². The molecule has 0 radical (unpaired) electrons. The van der Waals surface area contributed by atoms with Crippen LogP contribution >= 0.6 is 0 Å². The summed E-state index contributed by atoms with van der Waals surface area (Å²) in [6.07, 6.45) is 2.21. The van der Waals surface area contributed by atoms with Gasteiger partial charge in [-0.1, -0.05) is 29.8 Å². The van der Waals surface area contributed by atoms with Gasteiger partial charge in [0, 0.05) is 12.6 Å². The highest BCUT2D eigenvalue weighted by Gasteiger charge is 2.24. The van der Waals surface area contributed by atoms with E-state index in [1.165, 1.54) is 5.56 Å². The summed E-state index contributed by atoms with van der Waals surface area (Å²) >= 11 is 0. The smallest absolute Gasteiger partial charge is 0.0914 e. The Bertz CT molecular complexity index is 397. The van der Waals surface area contributed by atoms with Gasteiger partial charge in [0.05, 0.1) is 18.3 Å². The van der Waals surface area contributed by atoms with Gasteiger partial charge < -0.3 is 15.2 Å². The molecule has 1 aromatic carbocycles. The van der Waals surface area contributed by atoms with Crippen molar-refractivity contribution in [2.75, 3.05) is 6.54 Å². The van der Waals surface area contributed by atoms with Crippen molar-refractivity contribution in [3.8, 4) is 0 Å². The summed E-state index contributed by atoms with van der Waals surface area (Å²) in [4.78, 5) is 0. The van der Waals surface area contributed by atoms with Crippen LogP contribution in [-0.4, -0.2) is 29.9 Å². The molecule has 1 aliphatic heterocycles. The number of aryl methyl sites for hydroxylation is 1. The molecule has 0 aliphatic carbocycles. The summed E-state index contributed by atoms with van der Waals surface area (Å²) in [7, 11) is 0. The van der Waals surface area contributed by atoms with E-state index in [-0.39, 0.29) is 0 Å². The zero-order valence-electron chi connectivity index (χ0n) is 12.1. The Balaban J connectivity index is 1.84. The number of aliphatic hydroxyl groups is 1. The second-order valence-electron chi connectivity index (χ2n) is 5.76. The van der Waals surface area contributed by atoms with Crippen LogP contribution in [0.4, 0.5) is 0 Å². The standard InChI is InChI=1S/C16H25NO2/c1-11-5-4-6-14(7-11)16(18)10-17-15-8-12(2)19-13(3)9-15/h4-7,12-13,15-18H,8-10H2,1-3H3. The largest absolute Gasteiger partial charge is 0.387 e. The maximum Gasteiger partial charge on any atom is 0.0914 e. The average molecular weight is 263 g/mol. The van der Waals surface area contributed by atoms with E-state index in [2.05, 4.69) is 19.2 Å². The molecular weight excluding hydrogens is 238 g/mol. The van der Waals surface area contributed by atoms with Crippen LogP contribution in [-0.2, 0) is 4.74 Å². The van der Waals surface area contributed by atoms with Gasteiger partial charge in [0.1, 0.15) is 0 Å². The fourth-order valence-electron chi connectivity index (χ4n) is 2.85. The van der Waals surface area contributed by atoms with Gasteiger partial charge in [-0.25, -0.2) is 0 Å². The van der Waals surface area contributed by atoms with Gasteiger partial charge in [-0.2, -0.15) is 0 Å². The first-order chi connectivity index (χ1) is 9.04. The summed E-state index contributed by atoms with van der Waals surface area (Å²) in [6.45, 7) is 6.88. The summed E-state index contributed by atoms with van der Waals surface area (Å²) < 4.78 is 5.72. The molecule has 19 heavy (non-hydrogen) atoms. The number of hydrogen-bond donors (Lipinski definition) is 2. The third-order valence-corrected chi connectivity index (χ3v) is 3.72. The van der Waals surface area contributed by atoms with Crippen LogP contribution in [0.2, 0.25) is 0 Å². The lowest BCUT2D eigenvalue weighted by atomic mass is 9.99. The van der Waals surface area contributed by atoms with Crippen LogP contribution in [0.25, 0.3) is 0 Å². The Kier molecular flexibility index (Phi) is 4.97. The molecule has 3 unspecified atom stereocenters. The molecule has 3 nitrogen and oxygen atoms in total. The Morgan fingerprint density at radius 2 is 2.00 bits per heavy atom. The average Bonchev–Trinajstić information content (AvgIpc) is 2.35. The lowest BCUT2D eigenvalue weighted by molar-refractivity contribution is -0.0433. The third-order valence-electron chi connectivity index (χ3n) is 3.72. The van der Waals surface area contributed by atoms with Crippen molar-refractivity contribution in [1.29, 1.82) is 0 Å². The van der Waals surface area contributed by atoms with Crippen LogP contribution in [0, 0.1) is 6.92 Å². The molecule has 0 saturated carbocycles. The van der Waals surface area contributed by atoms with Crippen molar-refractivity contribution in [1.82, 2.24) is 5.32 Å². The van der Waals surface area contributed by atoms with E-state index >= 15 is 0 Å². The van der Waals surface area contributed by atoms with Crippen molar-refractivity contribution in [2.24, 2.45) is 0 Å². The molecule has 0 aromatic heterocycles. The molecule has 2 rings (SSSR count). The number of benzene rings is 1. The van der Waals surface area contributed by atoms with Gasteiger partial charge in [0.15, 0.2) is 0 Å². The van der Waals surface area contributed by atoms with Crippen molar-refractivity contribution in [3.63, 3.8) is 0 Å². The van der Waals surface area contributed by atoms with Crippen LogP contribution < -0.4 is 5.32 Å². The molecule has 2 N–H and O–H groups in total. The zero-order chi connectivity index (χ0) is 13.8. The monoisotopic (exact) mass is 263 g/mol. The Labute approximate surface area is 116 Å². The van der Waals surface area contributed by atoms with Crippen molar-refractivity contribution in [3.05, 3.63) is 35.4 Å². The summed E-state index contributed by atoms with van der Waals surface area (Å²) in [6, 6.07) is 8.51. The van der Waals surface area contributed by atoms with Gasteiger partial charge in [0.2, 0.25) is 0 Å². The molecular formula is C16H25NO2. The number of hydrogen-bond acceptors (Lipinski definition) is 3. The molecule has 3 heteroatoms. The molecule has 1 aromatic rings. The van der Waals surface area contributed by atoms with Crippen LogP contribution in [0.3, 0.4) is 0 Å². The normalized spacial score (nSPS) is 29.2. The summed E-state index contributed by atoms with van der Waals surface area (Å²) in [5.41, 5.74) is 2.17. The van der Waals surface area contributed by atoms with Crippen LogP contribution in [0.5, 0.6) is 0 Å². The quantitative estimate of drug-likeness (QED) is 0.877. The Morgan fingerprint density at radius 3 is 2.63 bits per heavy atom. The van der Waals surface area contributed by atoms with Gasteiger partial charge in [0.25, 0.3) is 0 Å². The lowest BCUT2D eigenvalue weighted by Gasteiger charge is -2.33. The van der Waals surface area contributed by atoms with E-state index in [4.69, 9.17) is 4.74 Å². The summed E-state index contributed by atoms with van der Waals surface area (Å²) in [5, 5.41) is 13.7. The Hall–Kier alpha value is -0.900. The van der Waals surface area contributed by atoms with Crippen molar-refractivity contribution in [2.45, 2.75) is 58.0 Å². The second kappa shape index (κ2) is 6.51. The highest BCUT2D eigenvalue weighted by atomic mass is 16.5. The molecule has 0 spiro atoms. The number of nitrogens with one attached hydrogen (secondary N) is 1. The van der Waals surface area contributed by atoms with Gasteiger partial charge in [-0.05, 0) is 39.2 Å².